The number of carbonyl (C=O) groups is 1. The van der Waals surface area contributed by atoms with Crippen LogP contribution in [-0.2, 0) is 11.3 Å². The molecule has 3 rings (SSSR count). The van der Waals surface area contributed by atoms with Gasteiger partial charge in [0.25, 0.3) is 0 Å². The van der Waals surface area contributed by atoms with Gasteiger partial charge in [0.15, 0.2) is 0 Å². The zero-order valence-electron chi connectivity index (χ0n) is 14.1. The van der Waals surface area contributed by atoms with Crippen LogP contribution in [-0.4, -0.2) is 29.9 Å². The van der Waals surface area contributed by atoms with Gasteiger partial charge in [0.05, 0.1) is 0 Å². The molecule has 2 fully saturated rings. The second-order valence-corrected chi connectivity index (χ2v) is 7.50. The van der Waals surface area contributed by atoms with Crippen molar-refractivity contribution in [3.05, 3.63) is 34.6 Å². The van der Waals surface area contributed by atoms with Gasteiger partial charge in [0.1, 0.15) is 5.82 Å². The van der Waals surface area contributed by atoms with Crippen molar-refractivity contribution >= 4 is 17.5 Å². The van der Waals surface area contributed by atoms with E-state index < -0.39 is 0 Å². The van der Waals surface area contributed by atoms with Crippen molar-refractivity contribution in [1.82, 2.24) is 10.2 Å². The summed E-state index contributed by atoms with van der Waals surface area (Å²) in [5.41, 5.74) is 0.560. The third-order valence-electron chi connectivity index (χ3n) is 5.35. The van der Waals surface area contributed by atoms with Crippen molar-refractivity contribution in [3.63, 3.8) is 0 Å². The van der Waals surface area contributed by atoms with Crippen LogP contribution in [0.3, 0.4) is 0 Å². The number of likely N-dealkylation sites (tertiary alicyclic amines) is 1. The molecule has 1 heterocycles. The number of hydrogen-bond acceptors (Lipinski definition) is 2. The minimum atomic E-state index is -0.250. The molecular weight excluding hydrogens is 327 g/mol. The molecule has 1 aromatic carbocycles. The molecule has 0 aromatic heterocycles. The Morgan fingerprint density at radius 3 is 2.54 bits per heavy atom. The Morgan fingerprint density at radius 2 is 1.88 bits per heavy atom. The molecule has 0 unspecified atom stereocenters. The number of halogens is 2. The number of hydrogen-bond donors (Lipinski definition) is 1. The monoisotopic (exact) mass is 352 g/mol. The fourth-order valence-electron chi connectivity index (χ4n) is 3.83. The molecule has 0 bridgehead atoms. The van der Waals surface area contributed by atoms with Gasteiger partial charge in [-0.05, 0) is 50.9 Å². The predicted molar refractivity (Wildman–Crippen MR) is 94.4 cm³/mol. The Hall–Kier alpha value is -1.13. The van der Waals surface area contributed by atoms with Crippen LogP contribution in [0.2, 0.25) is 5.02 Å². The highest BCUT2D eigenvalue weighted by molar-refractivity contribution is 6.31. The zero-order valence-corrected chi connectivity index (χ0v) is 14.8. The molecule has 132 valence electrons. The maximum absolute atomic E-state index is 13.9. The van der Waals surface area contributed by atoms with Crippen molar-refractivity contribution in [1.29, 1.82) is 0 Å². The van der Waals surface area contributed by atoms with Crippen LogP contribution in [0.5, 0.6) is 0 Å². The van der Waals surface area contributed by atoms with E-state index in [9.17, 15) is 9.18 Å². The number of nitrogens with zero attached hydrogens (tertiary/aromatic N) is 1. The van der Waals surface area contributed by atoms with E-state index in [0.29, 0.717) is 23.2 Å². The lowest BCUT2D eigenvalue weighted by atomic mass is 9.92. The molecule has 1 saturated carbocycles. The Morgan fingerprint density at radius 1 is 1.17 bits per heavy atom. The van der Waals surface area contributed by atoms with Crippen molar-refractivity contribution < 1.29 is 9.18 Å². The van der Waals surface area contributed by atoms with Gasteiger partial charge in [-0.2, -0.15) is 0 Å². The summed E-state index contributed by atoms with van der Waals surface area (Å²) < 4.78 is 13.9. The number of amides is 1. The zero-order chi connectivity index (χ0) is 16.9. The first-order chi connectivity index (χ1) is 11.6. The molecule has 0 spiro atoms. The van der Waals surface area contributed by atoms with E-state index in [-0.39, 0.29) is 17.6 Å². The molecular formula is C19H26ClFN2O. The quantitative estimate of drug-likeness (QED) is 0.883. The van der Waals surface area contributed by atoms with Crippen LogP contribution in [0.25, 0.3) is 0 Å². The van der Waals surface area contributed by atoms with Gasteiger partial charge in [-0.25, -0.2) is 4.39 Å². The number of rotatable bonds is 4. The fourth-order valence-corrected chi connectivity index (χ4v) is 4.05. The average molecular weight is 353 g/mol. The molecule has 3 nitrogen and oxygen atoms in total. The molecule has 24 heavy (non-hydrogen) atoms. The SMILES string of the molecule is O=C(NC1CCCCC1)C1CCN(Cc2c(F)cccc2Cl)CC1. The van der Waals surface area contributed by atoms with E-state index >= 15 is 0 Å². The summed E-state index contributed by atoms with van der Waals surface area (Å²) in [6.07, 6.45) is 7.67. The Labute approximate surface area is 148 Å². The van der Waals surface area contributed by atoms with Crippen molar-refractivity contribution in [2.24, 2.45) is 5.92 Å². The van der Waals surface area contributed by atoms with E-state index in [2.05, 4.69) is 10.2 Å². The third kappa shape index (κ3) is 4.48. The second kappa shape index (κ2) is 8.30. The standard InChI is InChI=1S/C19H26ClFN2O/c20-17-7-4-8-18(21)16(17)13-23-11-9-14(10-12-23)19(24)22-15-5-2-1-3-6-15/h4,7-8,14-15H,1-3,5-6,9-13H2,(H,22,24). The fraction of sp³-hybridized carbons (Fsp3) is 0.632. The van der Waals surface area contributed by atoms with E-state index in [1.54, 1.807) is 12.1 Å². The average Bonchev–Trinajstić information content (AvgIpc) is 2.60. The molecule has 0 atom stereocenters. The van der Waals surface area contributed by atoms with Gasteiger partial charge in [0, 0.05) is 29.1 Å². The molecule has 1 aliphatic carbocycles. The van der Waals surface area contributed by atoms with E-state index in [0.717, 1.165) is 38.8 Å². The summed E-state index contributed by atoms with van der Waals surface area (Å²) in [5, 5.41) is 3.71. The summed E-state index contributed by atoms with van der Waals surface area (Å²) in [4.78, 5) is 14.6. The summed E-state index contributed by atoms with van der Waals surface area (Å²) in [5.74, 6) is 0.0596. The summed E-state index contributed by atoms with van der Waals surface area (Å²) in [6, 6.07) is 5.18. The van der Waals surface area contributed by atoms with Gasteiger partial charge in [-0.1, -0.05) is 36.9 Å². The van der Waals surface area contributed by atoms with Crippen LogP contribution in [0, 0.1) is 11.7 Å². The minimum absolute atomic E-state index is 0.0965. The van der Waals surface area contributed by atoms with Crippen LogP contribution < -0.4 is 5.32 Å². The first-order valence-corrected chi connectivity index (χ1v) is 9.47. The van der Waals surface area contributed by atoms with Crippen molar-refractivity contribution in [3.8, 4) is 0 Å². The highest BCUT2D eigenvalue weighted by Gasteiger charge is 2.27. The van der Waals surface area contributed by atoms with E-state index in [1.807, 2.05) is 0 Å². The van der Waals surface area contributed by atoms with Crippen molar-refractivity contribution in [2.75, 3.05) is 13.1 Å². The molecule has 5 heteroatoms. The molecule has 1 aliphatic heterocycles. The first-order valence-electron chi connectivity index (χ1n) is 9.09. The first kappa shape index (κ1) is 17.7. The predicted octanol–water partition coefficient (Wildman–Crippen LogP) is 4.14. The lowest BCUT2D eigenvalue weighted by Crippen LogP contribution is -2.44. The van der Waals surface area contributed by atoms with Gasteiger partial charge in [-0.3, -0.25) is 9.69 Å². The third-order valence-corrected chi connectivity index (χ3v) is 5.71. The summed E-state index contributed by atoms with van der Waals surface area (Å²) >= 11 is 6.11. The molecule has 1 amide bonds. The van der Waals surface area contributed by atoms with E-state index in [4.69, 9.17) is 11.6 Å². The molecule has 2 aliphatic rings. The Balaban J connectivity index is 1.47. The molecule has 1 saturated heterocycles. The lowest BCUT2D eigenvalue weighted by molar-refractivity contribution is -0.127. The smallest absolute Gasteiger partial charge is 0.223 e. The lowest BCUT2D eigenvalue weighted by Gasteiger charge is -2.33. The van der Waals surface area contributed by atoms with Crippen LogP contribution in [0.4, 0.5) is 4.39 Å². The molecule has 1 aromatic rings. The molecule has 0 radical (unpaired) electrons. The van der Waals surface area contributed by atoms with Crippen LogP contribution >= 0.6 is 11.6 Å². The number of piperidine rings is 1. The Kier molecular flexibility index (Phi) is 6.12. The van der Waals surface area contributed by atoms with E-state index in [1.165, 1.54) is 25.3 Å². The van der Waals surface area contributed by atoms with Crippen molar-refractivity contribution in [2.45, 2.75) is 57.5 Å². The highest BCUT2D eigenvalue weighted by Crippen LogP contribution is 2.25. The van der Waals surface area contributed by atoms with Gasteiger partial charge in [0.2, 0.25) is 5.91 Å². The highest BCUT2D eigenvalue weighted by atomic mass is 35.5. The summed E-state index contributed by atoms with van der Waals surface area (Å²) in [7, 11) is 0. The van der Waals surface area contributed by atoms with Gasteiger partial charge >= 0.3 is 0 Å². The maximum Gasteiger partial charge on any atom is 0.223 e. The molecule has 1 N–H and O–H groups in total. The maximum atomic E-state index is 13.9. The number of benzene rings is 1. The normalized spacial score (nSPS) is 20.9. The number of carbonyl (C=O) groups excluding carboxylic acids is 1. The largest absolute Gasteiger partial charge is 0.353 e. The second-order valence-electron chi connectivity index (χ2n) is 7.09. The van der Waals surface area contributed by atoms with Crippen LogP contribution in [0.15, 0.2) is 18.2 Å². The number of nitrogens with one attached hydrogen (secondary N) is 1. The minimum Gasteiger partial charge on any atom is -0.353 e. The van der Waals surface area contributed by atoms with Gasteiger partial charge in [-0.15, -0.1) is 0 Å². The Bertz CT molecular complexity index is 546. The summed E-state index contributed by atoms with van der Waals surface area (Å²) in [6.45, 7) is 2.14. The van der Waals surface area contributed by atoms with Gasteiger partial charge < -0.3 is 5.32 Å². The van der Waals surface area contributed by atoms with Crippen LogP contribution in [0.1, 0.15) is 50.5 Å². The topological polar surface area (TPSA) is 32.3 Å².